The Bertz CT molecular complexity index is 738. The Labute approximate surface area is 286 Å². The van der Waals surface area contributed by atoms with Gasteiger partial charge in [0.1, 0.15) is 6.10 Å². The van der Waals surface area contributed by atoms with Crippen LogP contribution in [0.2, 0.25) is 0 Å². The molecule has 0 spiro atoms. The van der Waals surface area contributed by atoms with Crippen molar-refractivity contribution in [2.45, 2.75) is 219 Å². The molecule has 0 aliphatic carbocycles. The Morgan fingerprint density at radius 2 is 0.913 bits per heavy atom. The molecular formula is C42H76O4. The summed E-state index contributed by atoms with van der Waals surface area (Å²) in [4.78, 5) is 22.9. The van der Waals surface area contributed by atoms with Gasteiger partial charge in [-0.3, -0.25) is 9.59 Å². The van der Waals surface area contributed by atoms with Crippen LogP contribution in [0.1, 0.15) is 213 Å². The molecule has 1 N–H and O–H groups in total. The molecule has 0 aromatic heterocycles. The van der Waals surface area contributed by atoms with Crippen molar-refractivity contribution in [3.05, 3.63) is 36.5 Å². The number of esters is 1. The molecule has 0 aromatic carbocycles. The molecule has 0 radical (unpaired) electrons. The van der Waals surface area contributed by atoms with Crippen LogP contribution in [0.3, 0.4) is 0 Å². The van der Waals surface area contributed by atoms with E-state index in [9.17, 15) is 9.59 Å². The predicted molar refractivity (Wildman–Crippen MR) is 199 cm³/mol. The first-order valence-corrected chi connectivity index (χ1v) is 20.0. The number of ether oxygens (including phenoxy) is 1. The van der Waals surface area contributed by atoms with Gasteiger partial charge in [0, 0.05) is 12.8 Å². The molecule has 0 heterocycles. The fourth-order valence-corrected chi connectivity index (χ4v) is 6.02. The SMILES string of the molecule is CC/C=C\C/C=C\C/C=C\CCCCCCCCCCCC(=O)OC(CCC)CCCCCCCCCCCCCCCC(=O)O. The van der Waals surface area contributed by atoms with Gasteiger partial charge >= 0.3 is 11.9 Å². The highest BCUT2D eigenvalue weighted by Crippen LogP contribution is 2.18. The molecule has 268 valence electrons. The largest absolute Gasteiger partial charge is 0.481 e. The average Bonchev–Trinajstić information content (AvgIpc) is 3.03. The van der Waals surface area contributed by atoms with E-state index in [1.807, 2.05) is 0 Å². The zero-order valence-corrected chi connectivity index (χ0v) is 30.6. The van der Waals surface area contributed by atoms with E-state index in [0.717, 1.165) is 64.2 Å². The third-order valence-electron chi connectivity index (χ3n) is 8.86. The number of carbonyl (C=O) groups is 2. The molecule has 4 nitrogen and oxygen atoms in total. The Hall–Kier alpha value is -1.84. The fourth-order valence-electron chi connectivity index (χ4n) is 6.02. The predicted octanol–water partition coefficient (Wildman–Crippen LogP) is 13.8. The molecule has 1 unspecified atom stereocenters. The van der Waals surface area contributed by atoms with Crippen LogP contribution in [0.15, 0.2) is 36.5 Å². The Morgan fingerprint density at radius 1 is 0.500 bits per heavy atom. The summed E-state index contributed by atoms with van der Waals surface area (Å²) in [5.41, 5.74) is 0. The second kappa shape index (κ2) is 37.6. The van der Waals surface area contributed by atoms with Crippen molar-refractivity contribution in [3.8, 4) is 0 Å². The normalized spacial score (nSPS) is 12.6. The number of allylic oxidation sites excluding steroid dienone is 6. The third kappa shape index (κ3) is 36.6. The van der Waals surface area contributed by atoms with Crippen LogP contribution < -0.4 is 0 Å². The highest BCUT2D eigenvalue weighted by Gasteiger charge is 2.13. The van der Waals surface area contributed by atoms with E-state index in [1.165, 1.54) is 122 Å². The molecule has 0 bridgehead atoms. The molecule has 0 aliphatic heterocycles. The average molecular weight is 645 g/mol. The molecule has 0 rings (SSSR count). The van der Waals surface area contributed by atoms with E-state index in [0.29, 0.717) is 12.8 Å². The van der Waals surface area contributed by atoms with Crippen molar-refractivity contribution in [2.24, 2.45) is 0 Å². The van der Waals surface area contributed by atoms with Gasteiger partial charge in [0.2, 0.25) is 0 Å². The summed E-state index contributed by atoms with van der Waals surface area (Å²) in [7, 11) is 0. The maximum absolute atomic E-state index is 12.4. The molecular weight excluding hydrogens is 568 g/mol. The number of carbonyl (C=O) groups excluding carboxylic acids is 1. The van der Waals surface area contributed by atoms with Crippen LogP contribution in [0.4, 0.5) is 0 Å². The maximum atomic E-state index is 12.4. The van der Waals surface area contributed by atoms with E-state index in [-0.39, 0.29) is 12.1 Å². The fraction of sp³-hybridized carbons (Fsp3) is 0.810. The second-order valence-corrected chi connectivity index (χ2v) is 13.4. The molecule has 0 amide bonds. The molecule has 0 saturated heterocycles. The van der Waals surface area contributed by atoms with E-state index in [4.69, 9.17) is 9.84 Å². The Morgan fingerprint density at radius 3 is 1.39 bits per heavy atom. The lowest BCUT2D eigenvalue weighted by molar-refractivity contribution is -0.150. The molecule has 46 heavy (non-hydrogen) atoms. The quantitative estimate of drug-likeness (QED) is 0.0419. The first kappa shape index (κ1) is 44.2. The topological polar surface area (TPSA) is 63.6 Å². The number of hydrogen-bond acceptors (Lipinski definition) is 3. The van der Waals surface area contributed by atoms with E-state index in [2.05, 4.69) is 50.3 Å². The minimum atomic E-state index is -0.669. The van der Waals surface area contributed by atoms with Gasteiger partial charge in [-0.2, -0.15) is 0 Å². The first-order valence-electron chi connectivity index (χ1n) is 20.0. The summed E-state index contributed by atoms with van der Waals surface area (Å²) >= 11 is 0. The zero-order valence-electron chi connectivity index (χ0n) is 30.6. The number of aliphatic carboxylic acids is 1. The number of carboxylic acid groups (broad SMARTS) is 1. The highest BCUT2D eigenvalue weighted by molar-refractivity contribution is 5.69. The zero-order chi connectivity index (χ0) is 33.6. The number of carboxylic acids is 1. The van der Waals surface area contributed by atoms with E-state index in [1.54, 1.807) is 0 Å². The van der Waals surface area contributed by atoms with Crippen molar-refractivity contribution in [1.29, 1.82) is 0 Å². The van der Waals surface area contributed by atoms with Gasteiger partial charge in [0.15, 0.2) is 0 Å². The maximum Gasteiger partial charge on any atom is 0.306 e. The third-order valence-corrected chi connectivity index (χ3v) is 8.86. The van der Waals surface area contributed by atoms with Gasteiger partial charge in [0.05, 0.1) is 0 Å². The monoisotopic (exact) mass is 645 g/mol. The minimum absolute atomic E-state index is 0.0212. The van der Waals surface area contributed by atoms with Crippen LogP contribution in [0.5, 0.6) is 0 Å². The summed E-state index contributed by atoms with van der Waals surface area (Å²) < 4.78 is 5.88. The number of unbranched alkanes of at least 4 members (excludes halogenated alkanes) is 21. The van der Waals surface area contributed by atoms with Gasteiger partial charge in [-0.1, -0.05) is 172 Å². The molecule has 0 aliphatic rings. The lowest BCUT2D eigenvalue weighted by Gasteiger charge is -2.17. The van der Waals surface area contributed by atoms with Crippen LogP contribution in [-0.4, -0.2) is 23.1 Å². The van der Waals surface area contributed by atoms with Crippen molar-refractivity contribution in [2.75, 3.05) is 0 Å². The molecule has 0 saturated carbocycles. The highest BCUT2D eigenvalue weighted by atomic mass is 16.5. The molecule has 0 aromatic rings. The lowest BCUT2D eigenvalue weighted by atomic mass is 10.0. The summed E-state index contributed by atoms with van der Waals surface area (Å²) in [5, 5.41) is 8.66. The van der Waals surface area contributed by atoms with Crippen molar-refractivity contribution >= 4 is 11.9 Å². The van der Waals surface area contributed by atoms with Gasteiger partial charge in [-0.05, 0) is 64.2 Å². The first-order chi connectivity index (χ1) is 22.6. The van der Waals surface area contributed by atoms with Gasteiger partial charge in [0.25, 0.3) is 0 Å². The lowest BCUT2D eigenvalue weighted by Crippen LogP contribution is -2.18. The molecule has 0 fully saturated rings. The van der Waals surface area contributed by atoms with Crippen LogP contribution in [0, 0.1) is 0 Å². The Kier molecular flexibility index (Phi) is 36.1. The minimum Gasteiger partial charge on any atom is -0.481 e. The van der Waals surface area contributed by atoms with Gasteiger partial charge in [-0.25, -0.2) is 0 Å². The van der Waals surface area contributed by atoms with Gasteiger partial charge in [-0.15, -0.1) is 0 Å². The summed E-state index contributed by atoms with van der Waals surface area (Å²) in [6, 6.07) is 0. The van der Waals surface area contributed by atoms with Crippen molar-refractivity contribution < 1.29 is 19.4 Å². The summed E-state index contributed by atoms with van der Waals surface area (Å²) in [5.74, 6) is -0.648. The van der Waals surface area contributed by atoms with E-state index >= 15 is 0 Å². The standard InChI is InChI=1S/C42H76O4/c1-3-5-6-7-8-9-10-11-12-13-14-15-16-20-23-26-29-32-35-39-42(45)46-40(36-4-2)37-33-30-27-24-21-18-17-19-22-25-28-31-34-38-41(43)44/h5-6,8-9,11-12,40H,3-4,7,10,13-39H2,1-2H3,(H,43,44)/b6-5-,9-8-,12-11-. The van der Waals surface area contributed by atoms with Crippen LogP contribution in [0.25, 0.3) is 0 Å². The van der Waals surface area contributed by atoms with Crippen LogP contribution >= 0.6 is 0 Å². The van der Waals surface area contributed by atoms with Crippen molar-refractivity contribution in [3.63, 3.8) is 0 Å². The van der Waals surface area contributed by atoms with Crippen molar-refractivity contribution in [1.82, 2.24) is 0 Å². The molecule has 1 atom stereocenters. The van der Waals surface area contributed by atoms with Gasteiger partial charge < -0.3 is 9.84 Å². The van der Waals surface area contributed by atoms with Crippen LogP contribution in [-0.2, 0) is 14.3 Å². The Balaban J connectivity index is 3.54. The second-order valence-electron chi connectivity index (χ2n) is 13.4. The number of rotatable bonds is 36. The molecule has 4 heteroatoms. The number of hydrogen-bond donors (Lipinski definition) is 1. The summed E-state index contributed by atoms with van der Waals surface area (Å²) in [6.07, 6.45) is 49.5. The van der Waals surface area contributed by atoms with E-state index < -0.39 is 5.97 Å². The summed E-state index contributed by atoms with van der Waals surface area (Å²) in [6.45, 7) is 4.36. The smallest absolute Gasteiger partial charge is 0.306 e.